The molecule has 4 nitrogen and oxygen atoms in total. The topological polar surface area (TPSA) is 64.9 Å². The molecule has 0 fully saturated rings. The summed E-state index contributed by atoms with van der Waals surface area (Å²) in [6.07, 6.45) is 3.19. The van der Waals surface area contributed by atoms with E-state index in [0.717, 1.165) is 30.4 Å². The van der Waals surface area contributed by atoms with E-state index in [-0.39, 0.29) is 0 Å². The summed E-state index contributed by atoms with van der Waals surface area (Å²) in [5.74, 6) is 2.27. The van der Waals surface area contributed by atoms with Crippen molar-refractivity contribution in [2.45, 2.75) is 26.2 Å². The minimum atomic E-state index is 0.555. The van der Waals surface area contributed by atoms with Crippen molar-refractivity contribution in [1.29, 1.82) is 0 Å². The fourth-order valence-corrected chi connectivity index (χ4v) is 2.13. The van der Waals surface area contributed by atoms with Crippen molar-refractivity contribution in [2.24, 2.45) is 0 Å². The number of rotatable bonds is 0. The van der Waals surface area contributed by atoms with Crippen molar-refractivity contribution < 1.29 is 4.42 Å². The Morgan fingerprint density at radius 1 is 1.29 bits per heavy atom. The summed E-state index contributed by atoms with van der Waals surface area (Å²) >= 11 is 0. The Balaban J connectivity index is 2.43. The quantitative estimate of drug-likeness (QED) is 0.683. The largest absolute Gasteiger partial charge is 0.442 e. The fourth-order valence-electron chi connectivity index (χ4n) is 2.13. The molecule has 2 aromatic heterocycles. The van der Waals surface area contributed by atoms with E-state index in [1.54, 1.807) is 0 Å². The molecule has 0 saturated carbocycles. The zero-order valence-electron chi connectivity index (χ0n) is 8.00. The summed E-state index contributed by atoms with van der Waals surface area (Å²) in [7, 11) is 0. The van der Waals surface area contributed by atoms with Crippen LogP contribution in [0.1, 0.15) is 23.6 Å². The minimum Gasteiger partial charge on any atom is -0.442 e. The lowest BCUT2D eigenvalue weighted by Crippen LogP contribution is -1.96. The van der Waals surface area contributed by atoms with E-state index in [2.05, 4.69) is 9.97 Å². The van der Waals surface area contributed by atoms with Gasteiger partial charge in [0.25, 0.3) is 0 Å². The number of anilines is 1. The monoisotopic (exact) mass is 189 g/mol. The van der Waals surface area contributed by atoms with E-state index in [1.807, 2.05) is 6.92 Å². The predicted octanol–water partition coefficient (Wildman–Crippen LogP) is 1.60. The average Bonchev–Trinajstić information content (AvgIpc) is 2.60. The van der Waals surface area contributed by atoms with Gasteiger partial charge < -0.3 is 10.2 Å². The van der Waals surface area contributed by atoms with Crippen LogP contribution in [0.4, 0.5) is 5.82 Å². The molecule has 72 valence electrons. The minimum absolute atomic E-state index is 0.555. The number of nitrogen functional groups attached to an aromatic ring is 1. The van der Waals surface area contributed by atoms with E-state index in [0.29, 0.717) is 17.4 Å². The molecule has 0 radical (unpaired) electrons. The first kappa shape index (κ1) is 7.79. The van der Waals surface area contributed by atoms with Gasteiger partial charge in [0.15, 0.2) is 0 Å². The maximum atomic E-state index is 5.86. The highest BCUT2D eigenvalue weighted by Gasteiger charge is 2.22. The highest BCUT2D eigenvalue weighted by Crippen LogP contribution is 2.34. The summed E-state index contributed by atoms with van der Waals surface area (Å²) in [6, 6.07) is 0. The first-order chi connectivity index (χ1) is 6.75. The van der Waals surface area contributed by atoms with Crippen LogP contribution < -0.4 is 5.73 Å². The van der Waals surface area contributed by atoms with Gasteiger partial charge >= 0.3 is 0 Å². The molecule has 2 aromatic rings. The van der Waals surface area contributed by atoms with Gasteiger partial charge in [0.05, 0.1) is 5.39 Å². The Labute approximate surface area is 81.1 Å². The van der Waals surface area contributed by atoms with Gasteiger partial charge in [0.2, 0.25) is 5.71 Å². The van der Waals surface area contributed by atoms with Gasteiger partial charge in [0, 0.05) is 12.0 Å². The summed E-state index contributed by atoms with van der Waals surface area (Å²) in [6.45, 7) is 1.82. The lowest BCUT2D eigenvalue weighted by atomic mass is 10.2. The highest BCUT2D eigenvalue weighted by molar-refractivity contribution is 5.89. The zero-order valence-corrected chi connectivity index (χ0v) is 8.00. The first-order valence-corrected chi connectivity index (χ1v) is 4.80. The Hall–Kier alpha value is -1.58. The molecular formula is C10H11N3O. The first-order valence-electron chi connectivity index (χ1n) is 4.80. The van der Waals surface area contributed by atoms with Gasteiger partial charge in [0.1, 0.15) is 17.4 Å². The summed E-state index contributed by atoms with van der Waals surface area (Å²) in [4.78, 5) is 8.40. The molecule has 0 aromatic carbocycles. The number of aromatic nitrogens is 2. The SMILES string of the molecule is Cc1nc(N)c2c3c(oc2n1)CCC3. The molecule has 0 spiro atoms. The lowest BCUT2D eigenvalue weighted by molar-refractivity contribution is 0.545. The predicted molar refractivity (Wildman–Crippen MR) is 53.0 cm³/mol. The molecule has 4 heteroatoms. The third-order valence-electron chi connectivity index (χ3n) is 2.70. The van der Waals surface area contributed by atoms with Crippen LogP contribution in [0.3, 0.4) is 0 Å². The van der Waals surface area contributed by atoms with E-state index in [9.17, 15) is 0 Å². The fraction of sp³-hybridized carbons (Fsp3) is 0.400. The summed E-state index contributed by atoms with van der Waals surface area (Å²) in [5, 5.41) is 0.933. The Morgan fingerprint density at radius 2 is 2.14 bits per heavy atom. The Bertz CT molecular complexity index is 516. The third kappa shape index (κ3) is 0.880. The van der Waals surface area contributed by atoms with Gasteiger partial charge in [-0.2, -0.15) is 4.98 Å². The van der Waals surface area contributed by atoms with E-state index in [1.165, 1.54) is 5.56 Å². The van der Waals surface area contributed by atoms with Crippen molar-refractivity contribution in [3.63, 3.8) is 0 Å². The molecule has 0 bridgehead atoms. The lowest BCUT2D eigenvalue weighted by Gasteiger charge is -1.97. The second-order valence-corrected chi connectivity index (χ2v) is 3.69. The van der Waals surface area contributed by atoms with Crippen LogP contribution in [-0.4, -0.2) is 9.97 Å². The van der Waals surface area contributed by atoms with Crippen molar-refractivity contribution in [3.05, 3.63) is 17.1 Å². The van der Waals surface area contributed by atoms with Gasteiger partial charge in [-0.15, -0.1) is 0 Å². The molecule has 0 unspecified atom stereocenters. The standard InChI is InChI=1S/C10H11N3O/c1-5-12-9(11)8-6-3-2-4-7(6)14-10(8)13-5/h2-4H2,1H3,(H2,11,12,13). The van der Waals surface area contributed by atoms with Crippen LogP contribution >= 0.6 is 0 Å². The molecule has 3 rings (SSSR count). The Morgan fingerprint density at radius 3 is 3.00 bits per heavy atom. The van der Waals surface area contributed by atoms with Crippen LogP contribution in [0, 0.1) is 6.92 Å². The third-order valence-corrected chi connectivity index (χ3v) is 2.70. The molecule has 2 heterocycles. The molecular weight excluding hydrogens is 178 g/mol. The smallest absolute Gasteiger partial charge is 0.231 e. The zero-order chi connectivity index (χ0) is 9.71. The van der Waals surface area contributed by atoms with Crippen LogP contribution in [0.5, 0.6) is 0 Å². The van der Waals surface area contributed by atoms with E-state index >= 15 is 0 Å². The number of fused-ring (bicyclic) bond motifs is 3. The second-order valence-electron chi connectivity index (χ2n) is 3.69. The van der Waals surface area contributed by atoms with Crippen LogP contribution in [-0.2, 0) is 12.8 Å². The number of hydrogen-bond donors (Lipinski definition) is 1. The molecule has 0 amide bonds. The number of furan rings is 1. The molecule has 1 aliphatic rings. The van der Waals surface area contributed by atoms with Crippen molar-refractivity contribution in [2.75, 3.05) is 5.73 Å². The number of nitrogens with two attached hydrogens (primary N) is 1. The number of nitrogens with zero attached hydrogens (tertiary/aromatic N) is 2. The number of aryl methyl sites for hydroxylation is 3. The summed E-state index contributed by atoms with van der Waals surface area (Å²) in [5.41, 5.74) is 7.74. The maximum absolute atomic E-state index is 5.86. The summed E-state index contributed by atoms with van der Waals surface area (Å²) < 4.78 is 5.64. The maximum Gasteiger partial charge on any atom is 0.231 e. The molecule has 0 aliphatic heterocycles. The van der Waals surface area contributed by atoms with E-state index in [4.69, 9.17) is 10.2 Å². The van der Waals surface area contributed by atoms with Crippen molar-refractivity contribution in [1.82, 2.24) is 9.97 Å². The highest BCUT2D eigenvalue weighted by atomic mass is 16.3. The van der Waals surface area contributed by atoms with Gasteiger partial charge in [-0.05, 0) is 19.8 Å². The number of hydrogen-bond acceptors (Lipinski definition) is 4. The van der Waals surface area contributed by atoms with Crippen LogP contribution in [0.25, 0.3) is 11.1 Å². The van der Waals surface area contributed by atoms with Gasteiger partial charge in [-0.3, -0.25) is 0 Å². The molecule has 14 heavy (non-hydrogen) atoms. The second kappa shape index (κ2) is 2.47. The molecule has 0 saturated heterocycles. The normalized spacial score (nSPS) is 14.9. The van der Waals surface area contributed by atoms with Crippen LogP contribution in [0.15, 0.2) is 4.42 Å². The Kier molecular flexibility index (Phi) is 1.37. The molecule has 1 aliphatic carbocycles. The van der Waals surface area contributed by atoms with Crippen molar-refractivity contribution >= 4 is 16.9 Å². The van der Waals surface area contributed by atoms with Gasteiger partial charge in [-0.1, -0.05) is 0 Å². The average molecular weight is 189 g/mol. The van der Waals surface area contributed by atoms with Crippen LogP contribution in [0.2, 0.25) is 0 Å². The van der Waals surface area contributed by atoms with Crippen molar-refractivity contribution in [3.8, 4) is 0 Å². The van der Waals surface area contributed by atoms with Gasteiger partial charge in [-0.25, -0.2) is 4.98 Å². The molecule has 0 atom stereocenters. The van der Waals surface area contributed by atoms with E-state index < -0.39 is 0 Å². The molecule has 2 N–H and O–H groups in total.